The van der Waals surface area contributed by atoms with Crippen molar-refractivity contribution in [2.24, 2.45) is 0 Å². The summed E-state index contributed by atoms with van der Waals surface area (Å²) in [7, 11) is 0. The van der Waals surface area contributed by atoms with Gasteiger partial charge in [-0.05, 0) is 18.6 Å². The molecule has 0 N–H and O–H groups in total. The Morgan fingerprint density at radius 2 is 1.79 bits per heavy atom. The van der Waals surface area contributed by atoms with Crippen molar-refractivity contribution in [3.63, 3.8) is 0 Å². The third-order valence-electron chi connectivity index (χ3n) is 1.33. The lowest BCUT2D eigenvalue weighted by molar-refractivity contribution is -0.141. The predicted octanol–water partition coefficient (Wildman–Crippen LogP) is 4.09. The molecule has 0 unspecified atom stereocenters. The standard InChI is InChI=1S/C7H5ClF3N.C2H6/c1-4-3-12-6(2-5(4)8)7(9,10)11;1-2/h2-3H,1H3;1-2H3. The van der Waals surface area contributed by atoms with Gasteiger partial charge in [0.25, 0.3) is 0 Å². The summed E-state index contributed by atoms with van der Waals surface area (Å²) in [5, 5.41) is 0.0809. The average Bonchev–Trinajstić information content (AvgIpc) is 2.11. The van der Waals surface area contributed by atoms with E-state index < -0.39 is 11.9 Å². The molecule has 0 saturated carbocycles. The van der Waals surface area contributed by atoms with Crippen LogP contribution in [0, 0.1) is 6.92 Å². The second-order valence-electron chi connectivity index (χ2n) is 2.32. The van der Waals surface area contributed by atoms with Crippen molar-refractivity contribution in [1.82, 2.24) is 4.98 Å². The van der Waals surface area contributed by atoms with E-state index in [9.17, 15) is 13.2 Å². The monoisotopic (exact) mass is 225 g/mol. The van der Waals surface area contributed by atoms with E-state index in [1.54, 1.807) is 6.92 Å². The number of hydrogen-bond donors (Lipinski definition) is 0. The molecule has 0 aliphatic heterocycles. The maximum atomic E-state index is 12.0. The van der Waals surface area contributed by atoms with Crippen LogP contribution in [0.3, 0.4) is 0 Å². The summed E-state index contributed by atoms with van der Waals surface area (Å²) in [6, 6.07) is 0.816. The molecule has 5 heteroatoms. The molecule has 14 heavy (non-hydrogen) atoms. The Kier molecular flexibility index (Phi) is 4.91. The summed E-state index contributed by atoms with van der Waals surface area (Å²) < 4.78 is 35.9. The maximum Gasteiger partial charge on any atom is 0.433 e. The molecule has 0 amide bonds. The molecule has 1 rings (SSSR count). The number of pyridine rings is 1. The predicted molar refractivity (Wildman–Crippen MR) is 50.3 cm³/mol. The lowest BCUT2D eigenvalue weighted by Gasteiger charge is -2.05. The van der Waals surface area contributed by atoms with E-state index in [0.29, 0.717) is 5.56 Å². The second kappa shape index (κ2) is 5.20. The highest BCUT2D eigenvalue weighted by Crippen LogP contribution is 2.29. The Morgan fingerprint density at radius 3 is 2.14 bits per heavy atom. The van der Waals surface area contributed by atoms with Gasteiger partial charge in [-0.15, -0.1) is 0 Å². The van der Waals surface area contributed by atoms with Gasteiger partial charge in [-0.25, -0.2) is 0 Å². The Labute approximate surface area is 85.9 Å². The van der Waals surface area contributed by atoms with E-state index in [4.69, 9.17) is 11.6 Å². The summed E-state index contributed by atoms with van der Waals surface area (Å²) >= 11 is 5.48. The number of halogens is 4. The van der Waals surface area contributed by atoms with Crippen LogP contribution in [-0.2, 0) is 6.18 Å². The summed E-state index contributed by atoms with van der Waals surface area (Å²) in [5.41, 5.74) is -0.428. The van der Waals surface area contributed by atoms with Gasteiger partial charge in [0.15, 0.2) is 0 Å². The molecule has 0 fully saturated rings. The number of aromatic nitrogens is 1. The van der Waals surface area contributed by atoms with Crippen LogP contribution in [0.2, 0.25) is 5.02 Å². The largest absolute Gasteiger partial charge is 0.433 e. The highest BCUT2D eigenvalue weighted by Gasteiger charge is 2.32. The number of hydrogen-bond acceptors (Lipinski definition) is 1. The second-order valence-corrected chi connectivity index (χ2v) is 2.72. The van der Waals surface area contributed by atoms with Gasteiger partial charge in [0.2, 0.25) is 0 Å². The first-order valence-corrected chi connectivity index (χ1v) is 4.48. The maximum absolute atomic E-state index is 12.0. The molecule has 0 bridgehead atoms. The van der Waals surface area contributed by atoms with Crippen molar-refractivity contribution in [3.05, 3.63) is 28.5 Å². The van der Waals surface area contributed by atoms with Crippen LogP contribution in [0.25, 0.3) is 0 Å². The van der Waals surface area contributed by atoms with Crippen LogP contribution in [0.15, 0.2) is 12.3 Å². The minimum Gasteiger partial charge on any atom is -0.251 e. The first kappa shape index (κ1) is 13.2. The van der Waals surface area contributed by atoms with Crippen molar-refractivity contribution >= 4 is 11.6 Å². The van der Waals surface area contributed by atoms with Crippen LogP contribution in [0.1, 0.15) is 25.1 Å². The quantitative estimate of drug-likeness (QED) is 0.648. The zero-order valence-corrected chi connectivity index (χ0v) is 8.87. The van der Waals surface area contributed by atoms with Crippen molar-refractivity contribution < 1.29 is 13.2 Å². The fraction of sp³-hybridized carbons (Fsp3) is 0.444. The Hall–Kier alpha value is -0.770. The minimum atomic E-state index is -4.42. The third kappa shape index (κ3) is 3.54. The van der Waals surface area contributed by atoms with Crippen molar-refractivity contribution in [2.45, 2.75) is 26.9 Å². The third-order valence-corrected chi connectivity index (χ3v) is 1.74. The molecule has 0 radical (unpaired) electrons. The Balaban J connectivity index is 0.000000791. The van der Waals surface area contributed by atoms with Gasteiger partial charge in [0.1, 0.15) is 5.69 Å². The molecule has 0 aromatic carbocycles. The van der Waals surface area contributed by atoms with E-state index in [0.717, 1.165) is 12.3 Å². The molecule has 0 aliphatic rings. The average molecular weight is 226 g/mol. The van der Waals surface area contributed by atoms with Crippen molar-refractivity contribution in [3.8, 4) is 0 Å². The van der Waals surface area contributed by atoms with Gasteiger partial charge in [0, 0.05) is 11.2 Å². The Bertz CT molecular complexity index is 297. The molecule has 0 spiro atoms. The number of nitrogens with zero attached hydrogens (tertiary/aromatic N) is 1. The lowest BCUT2D eigenvalue weighted by Crippen LogP contribution is -2.07. The van der Waals surface area contributed by atoms with Crippen LogP contribution in [-0.4, -0.2) is 4.98 Å². The van der Waals surface area contributed by atoms with E-state index in [1.807, 2.05) is 13.8 Å². The van der Waals surface area contributed by atoms with Gasteiger partial charge < -0.3 is 0 Å². The van der Waals surface area contributed by atoms with Crippen molar-refractivity contribution in [2.75, 3.05) is 0 Å². The summed E-state index contributed by atoms with van der Waals surface area (Å²) in [4.78, 5) is 3.20. The summed E-state index contributed by atoms with van der Waals surface area (Å²) in [5.74, 6) is 0. The van der Waals surface area contributed by atoms with E-state index in [1.165, 1.54) is 0 Å². The fourth-order valence-corrected chi connectivity index (χ4v) is 0.806. The summed E-state index contributed by atoms with van der Waals surface area (Å²) in [6.45, 7) is 5.59. The molecule has 80 valence electrons. The highest BCUT2D eigenvalue weighted by molar-refractivity contribution is 6.31. The normalized spacial score (nSPS) is 10.5. The zero-order chi connectivity index (χ0) is 11.4. The van der Waals surface area contributed by atoms with Crippen LogP contribution in [0.4, 0.5) is 13.2 Å². The van der Waals surface area contributed by atoms with Gasteiger partial charge in [0.05, 0.1) is 0 Å². The molecule has 1 heterocycles. The molecule has 0 aliphatic carbocycles. The van der Waals surface area contributed by atoms with Crippen LogP contribution >= 0.6 is 11.6 Å². The molecule has 1 aromatic rings. The lowest BCUT2D eigenvalue weighted by atomic mass is 10.3. The Morgan fingerprint density at radius 1 is 1.29 bits per heavy atom. The molecule has 0 atom stereocenters. The number of aryl methyl sites for hydroxylation is 1. The van der Waals surface area contributed by atoms with Crippen LogP contribution < -0.4 is 0 Å². The fourth-order valence-electron chi connectivity index (χ4n) is 0.654. The SMILES string of the molecule is CC.Cc1cnc(C(F)(F)F)cc1Cl. The first-order chi connectivity index (χ1) is 6.41. The first-order valence-electron chi connectivity index (χ1n) is 4.10. The van der Waals surface area contributed by atoms with Gasteiger partial charge in [-0.1, -0.05) is 25.4 Å². The van der Waals surface area contributed by atoms with Gasteiger partial charge in [-0.3, -0.25) is 4.98 Å². The van der Waals surface area contributed by atoms with E-state index >= 15 is 0 Å². The molecular weight excluding hydrogens is 215 g/mol. The molecule has 1 nitrogen and oxygen atoms in total. The van der Waals surface area contributed by atoms with Gasteiger partial charge in [-0.2, -0.15) is 13.2 Å². The molecular formula is C9H11ClF3N. The molecule has 1 aromatic heterocycles. The van der Waals surface area contributed by atoms with E-state index in [-0.39, 0.29) is 5.02 Å². The molecule has 0 saturated heterocycles. The minimum absolute atomic E-state index is 0.0809. The van der Waals surface area contributed by atoms with Crippen LogP contribution in [0.5, 0.6) is 0 Å². The highest BCUT2D eigenvalue weighted by atomic mass is 35.5. The topological polar surface area (TPSA) is 12.9 Å². The summed E-state index contributed by atoms with van der Waals surface area (Å²) in [6.07, 6.45) is -3.32. The van der Waals surface area contributed by atoms with E-state index in [2.05, 4.69) is 4.98 Å². The number of alkyl halides is 3. The van der Waals surface area contributed by atoms with Crippen molar-refractivity contribution in [1.29, 1.82) is 0 Å². The number of rotatable bonds is 0. The zero-order valence-electron chi connectivity index (χ0n) is 8.11. The van der Waals surface area contributed by atoms with Gasteiger partial charge >= 0.3 is 6.18 Å². The smallest absolute Gasteiger partial charge is 0.251 e.